The fourth-order valence-corrected chi connectivity index (χ4v) is 1.17. The number of hydrogen-bond donors (Lipinski definition) is 0. The first-order chi connectivity index (χ1) is 7.92. The van der Waals surface area contributed by atoms with Crippen molar-refractivity contribution >= 4 is 0 Å². The number of alkyl halides is 3. The summed E-state index contributed by atoms with van der Waals surface area (Å²) in [5.74, 6) is -0.500. The quantitative estimate of drug-likeness (QED) is 0.603. The molecule has 0 saturated heterocycles. The maximum atomic E-state index is 12.7. The fourth-order valence-electron chi connectivity index (χ4n) is 1.17. The summed E-state index contributed by atoms with van der Waals surface area (Å²) in [4.78, 5) is 0. The van der Waals surface area contributed by atoms with Crippen LogP contribution in [0.3, 0.4) is 0 Å². The number of rotatable bonds is 4. The van der Waals surface area contributed by atoms with Gasteiger partial charge >= 0.3 is 6.18 Å². The molecule has 1 aromatic carbocycles. The summed E-state index contributed by atoms with van der Waals surface area (Å²) >= 11 is 0. The van der Waals surface area contributed by atoms with Gasteiger partial charge in [0.25, 0.3) is 0 Å². The lowest BCUT2D eigenvalue weighted by Gasteiger charge is -2.09. The molecule has 0 fully saturated rings. The molecule has 0 aliphatic rings. The van der Waals surface area contributed by atoms with E-state index in [1.807, 2.05) is 0 Å². The van der Waals surface area contributed by atoms with E-state index in [-0.39, 0.29) is 24.3 Å². The highest BCUT2D eigenvalue weighted by Crippen LogP contribution is 2.23. The minimum absolute atomic E-state index is 0.0305. The van der Waals surface area contributed by atoms with Crippen molar-refractivity contribution in [3.8, 4) is 11.8 Å². The summed E-state index contributed by atoms with van der Waals surface area (Å²) in [5, 5.41) is 8.65. The highest BCUT2D eigenvalue weighted by atomic mass is 19.4. The van der Waals surface area contributed by atoms with E-state index in [0.29, 0.717) is 0 Å². The Balaban J connectivity index is 2.50. The van der Waals surface area contributed by atoms with Crippen molar-refractivity contribution in [3.63, 3.8) is 0 Å². The zero-order valence-electron chi connectivity index (χ0n) is 8.72. The van der Waals surface area contributed by atoms with Crippen LogP contribution in [0.1, 0.15) is 18.4 Å². The predicted octanol–water partition coefficient (Wildman–Crippen LogP) is 3.42. The summed E-state index contributed by atoms with van der Waals surface area (Å²) in [6.45, 7) is -0.167. The smallest absolute Gasteiger partial charge is 0.389 e. The van der Waals surface area contributed by atoms with Gasteiger partial charge in [-0.05, 0) is 24.6 Å². The van der Waals surface area contributed by atoms with Gasteiger partial charge in [0, 0.05) is 6.42 Å². The summed E-state index contributed by atoms with van der Waals surface area (Å²) in [6, 6.07) is 4.98. The van der Waals surface area contributed by atoms with E-state index in [4.69, 9.17) is 10.00 Å². The molecule has 6 heteroatoms. The molecule has 0 aliphatic carbocycles. The van der Waals surface area contributed by atoms with Crippen molar-refractivity contribution < 1.29 is 22.3 Å². The molecule has 0 unspecified atom stereocenters. The first kappa shape index (κ1) is 13.3. The molecule has 0 amide bonds. The van der Waals surface area contributed by atoms with Crippen molar-refractivity contribution in [2.75, 3.05) is 6.61 Å². The Bertz CT molecular complexity index is 422. The average molecular weight is 247 g/mol. The van der Waals surface area contributed by atoms with Crippen molar-refractivity contribution in [2.24, 2.45) is 0 Å². The lowest BCUT2D eigenvalue weighted by atomic mass is 10.2. The molecule has 92 valence electrons. The van der Waals surface area contributed by atoms with Gasteiger partial charge in [0.2, 0.25) is 0 Å². The van der Waals surface area contributed by atoms with E-state index in [0.717, 1.165) is 12.1 Å². The van der Waals surface area contributed by atoms with E-state index >= 15 is 0 Å². The second-order valence-corrected chi connectivity index (χ2v) is 3.32. The van der Waals surface area contributed by atoms with E-state index in [2.05, 4.69) is 0 Å². The summed E-state index contributed by atoms with van der Waals surface area (Å²) in [6.07, 6.45) is -5.37. The fraction of sp³-hybridized carbons (Fsp3) is 0.364. The molecule has 2 nitrogen and oxygen atoms in total. The molecule has 0 aliphatic heterocycles. The molecule has 0 N–H and O–H groups in total. The van der Waals surface area contributed by atoms with Gasteiger partial charge in [-0.3, -0.25) is 0 Å². The Kier molecular flexibility index (Phi) is 4.32. The first-order valence-corrected chi connectivity index (χ1v) is 4.81. The number of benzene rings is 1. The Morgan fingerprint density at radius 2 is 2.00 bits per heavy atom. The Hall–Kier alpha value is -1.77. The van der Waals surface area contributed by atoms with E-state index in [1.54, 1.807) is 6.07 Å². The highest BCUT2D eigenvalue weighted by molar-refractivity contribution is 5.42. The number of hydrogen-bond acceptors (Lipinski definition) is 2. The van der Waals surface area contributed by atoms with Crippen LogP contribution in [0.25, 0.3) is 0 Å². The average Bonchev–Trinajstić information content (AvgIpc) is 2.24. The standard InChI is InChI=1S/C11H9F4NO/c12-9-2-3-10(8(6-9)7-16)17-5-1-4-11(13,14)15/h2-3,6H,1,4-5H2. The van der Waals surface area contributed by atoms with E-state index in [9.17, 15) is 17.6 Å². The largest absolute Gasteiger partial charge is 0.492 e. The van der Waals surface area contributed by atoms with Crippen molar-refractivity contribution in [2.45, 2.75) is 19.0 Å². The summed E-state index contributed by atoms with van der Waals surface area (Å²) in [7, 11) is 0. The summed E-state index contributed by atoms with van der Waals surface area (Å²) < 4.78 is 53.2. The zero-order chi connectivity index (χ0) is 12.9. The van der Waals surface area contributed by atoms with Crippen LogP contribution in [-0.2, 0) is 0 Å². The lowest BCUT2D eigenvalue weighted by Crippen LogP contribution is -2.10. The Morgan fingerprint density at radius 3 is 2.59 bits per heavy atom. The molecule has 0 aromatic heterocycles. The van der Waals surface area contributed by atoms with Gasteiger partial charge in [-0.25, -0.2) is 4.39 Å². The van der Waals surface area contributed by atoms with Crippen LogP contribution < -0.4 is 4.74 Å². The maximum Gasteiger partial charge on any atom is 0.389 e. The zero-order valence-corrected chi connectivity index (χ0v) is 8.72. The van der Waals surface area contributed by atoms with Crippen LogP contribution in [0, 0.1) is 17.1 Å². The van der Waals surface area contributed by atoms with Crippen LogP contribution in [0.15, 0.2) is 18.2 Å². The topological polar surface area (TPSA) is 33.0 Å². The SMILES string of the molecule is N#Cc1cc(F)ccc1OCCCC(F)(F)F. The number of halogens is 4. The van der Waals surface area contributed by atoms with Crippen molar-refractivity contribution in [3.05, 3.63) is 29.6 Å². The van der Waals surface area contributed by atoms with Crippen LogP contribution in [0.5, 0.6) is 5.75 Å². The molecule has 0 heterocycles. The molecule has 0 atom stereocenters. The summed E-state index contributed by atoms with van der Waals surface area (Å²) in [5.41, 5.74) is -0.0305. The molecule has 1 aromatic rings. The van der Waals surface area contributed by atoms with Gasteiger partial charge < -0.3 is 4.74 Å². The van der Waals surface area contributed by atoms with Gasteiger partial charge in [0.05, 0.1) is 12.2 Å². The van der Waals surface area contributed by atoms with Crippen LogP contribution in [0.4, 0.5) is 17.6 Å². The molecule has 1 rings (SSSR count). The molecular formula is C11H9F4NO. The Morgan fingerprint density at radius 1 is 1.29 bits per heavy atom. The van der Waals surface area contributed by atoms with Crippen molar-refractivity contribution in [1.29, 1.82) is 5.26 Å². The van der Waals surface area contributed by atoms with Crippen LogP contribution in [0.2, 0.25) is 0 Å². The predicted molar refractivity (Wildman–Crippen MR) is 51.9 cm³/mol. The molecule has 0 spiro atoms. The minimum atomic E-state index is -4.22. The van der Waals surface area contributed by atoms with E-state index in [1.165, 1.54) is 6.07 Å². The highest BCUT2D eigenvalue weighted by Gasteiger charge is 2.26. The first-order valence-electron chi connectivity index (χ1n) is 4.81. The Labute approximate surface area is 95.4 Å². The van der Waals surface area contributed by atoms with Gasteiger partial charge in [-0.1, -0.05) is 0 Å². The lowest BCUT2D eigenvalue weighted by molar-refractivity contribution is -0.136. The molecule has 17 heavy (non-hydrogen) atoms. The third-order valence-electron chi connectivity index (χ3n) is 1.92. The van der Waals surface area contributed by atoms with Gasteiger partial charge in [0.1, 0.15) is 17.6 Å². The molecular weight excluding hydrogens is 238 g/mol. The van der Waals surface area contributed by atoms with Crippen LogP contribution in [-0.4, -0.2) is 12.8 Å². The van der Waals surface area contributed by atoms with Gasteiger partial charge in [0.15, 0.2) is 0 Å². The number of nitriles is 1. The number of ether oxygens (including phenoxy) is 1. The monoisotopic (exact) mass is 247 g/mol. The van der Waals surface area contributed by atoms with Gasteiger partial charge in [-0.2, -0.15) is 18.4 Å². The third-order valence-corrected chi connectivity index (χ3v) is 1.92. The minimum Gasteiger partial charge on any atom is -0.492 e. The third kappa shape index (κ3) is 4.72. The normalized spacial score (nSPS) is 11.0. The molecule has 0 saturated carbocycles. The molecule has 0 bridgehead atoms. The second kappa shape index (κ2) is 5.53. The number of nitrogens with zero attached hydrogens (tertiary/aromatic N) is 1. The van der Waals surface area contributed by atoms with Crippen LogP contribution >= 0.6 is 0 Å². The van der Waals surface area contributed by atoms with E-state index < -0.39 is 18.4 Å². The van der Waals surface area contributed by atoms with Gasteiger partial charge in [-0.15, -0.1) is 0 Å². The van der Waals surface area contributed by atoms with Crippen molar-refractivity contribution in [1.82, 2.24) is 0 Å². The second-order valence-electron chi connectivity index (χ2n) is 3.32. The maximum absolute atomic E-state index is 12.7. The molecule has 0 radical (unpaired) electrons.